The summed E-state index contributed by atoms with van der Waals surface area (Å²) in [6.45, 7) is 9.20. The Morgan fingerprint density at radius 1 is 1.41 bits per heavy atom. The molecule has 0 radical (unpaired) electrons. The van der Waals surface area contributed by atoms with Crippen LogP contribution in [-0.2, 0) is 6.54 Å². The Kier molecular flexibility index (Phi) is 5.14. The Hall–Kier alpha value is -0.880. The van der Waals surface area contributed by atoms with Crippen molar-refractivity contribution in [1.82, 2.24) is 19.7 Å². The minimum absolute atomic E-state index is 0.408. The smallest absolute Gasteiger partial charge is 0.225 e. The number of aromatic amines is 1. The van der Waals surface area contributed by atoms with Gasteiger partial charge in [-0.05, 0) is 47.1 Å². The van der Waals surface area contributed by atoms with E-state index >= 15 is 0 Å². The molecule has 0 saturated heterocycles. The van der Waals surface area contributed by atoms with E-state index in [9.17, 15) is 0 Å². The molecule has 5 nitrogen and oxygen atoms in total. The van der Waals surface area contributed by atoms with Crippen molar-refractivity contribution in [2.75, 3.05) is 32.1 Å². The van der Waals surface area contributed by atoms with Gasteiger partial charge >= 0.3 is 0 Å². The normalized spacial score (nSPS) is 13.1. The molecule has 0 aliphatic carbocycles. The number of hydrogen-bond acceptors (Lipinski definition) is 4. The summed E-state index contributed by atoms with van der Waals surface area (Å²) in [7, 11) is 4.17. The van der Waals surface area contributed by atoms with E-state index < -0.39 is 0 Å². The minimum Gasteiger partial charge on any atom is -0.337 e. The van der Waals surface area contributed by atoms with Gasteiger partial charge in [-0.15, -0.1) is 5.10 Å². The van der Waals surface area contributed by atoms with Crippen molar-refractivity contribution < 1.29 is 0 Å². The first-order chi connectivity index (χ1) is 8.01. The second-order valence-electron chi connectivity index (χ2n) is 4.47. The van der Waals surface area contributed by atoms with E-state index in [4.69, 9.17) is 12.2 Å². The third-order valence-electron chi connectivity index (χ3n) is 2.81. The average Bonchev–Trinajstić information content (AvgIpc) is 2.60. The Morgan fingerprint density at radius 2 is 2.06 bits per heavy atom. The fourth-order valence-electron chi connectivity index (χ4n) is 2.09. The fourth-order valence-corrected chi connectivity index (χ4v) is 2.35. The number of nitrogens with one attached hydrogen (secondary N) is 1. The quantitative estimate of drug-likeness (QED) is 0.788. The zero-order chi connectivity index (χ0) is 13.0. The lowest BCUT2D eigenvalue weighted by molar-refractivity contribution is 0.370. The van der Waals surface area contributed by atoms with Crippen LogP contribution >= 0.6 is 12.2 Å². The number of anilines is 1. The van der Waals surface area contributed by atoms with Crippen molar-refractivity contribution in [3.05, 3.63) is 4.77 Å². The topological polar surface area (TPSA) is 40.1 Å². The van der Waals surface area contributed by atoms with Crippen molar-refractivity contribution in [2.24, 2.45) is 0 Å². The minimum atomic E-state index is 0.408. The van der Waals surface area contributed by atoms with Gasteiger partial charge in [0.15, 0.2) is 4.77 Å². The Bertz CT molecular complexity index is 395. The van der Waals surface area contributed by atoms with Gasteiger partial charge in [0.1, 0.15) is 0 Å². The Labute approximate surface area is 108 Å². The monoisotopic (exact) mass is 257 g/mol. The molecule has 0 aromatic carbocycles. The van der Waals surface area contributed by atoms with Crippen molar-refractivity contribution in [3.63, 3.8) is 0 Å². The number of aromatic nitrogens is 3. The highest BCUT2D eigenvalue weighted by molar-refractivity contribution is 7.71. The van der Waals surface area contributed by atoms with Gasteiger partial charge in [0, 0.05) is 25.7 Å². The summed E-state index contributed by atoms with van der Waals surface area (Å²) in [5.74, 6) is 0.939. The van der Waals surface area contributed by atoms with Crippen LogP contribution in [0.1, 0.15) is 20.8 Å². The first-order valence-corrected chi connectivity index (χ1v) is 6.48. The van der Waals surface area contributed by atoms with Crippen LogP contribution < -0.4 is 4.90 Å². The molecule has 0 aliphatic rings. The lowest BCUT2D eigenvalue weighted by atomic mass is 10.3. The molecule has 17 heavy (non-hydrogen) atoms. The van der Waals surface area contributed by atoms with Gasteiger partial charge in [0.25, 0.3) is 0 Å². The van der Waals surface area contributed by atoms with Crippen molar-refractivity contribution >= 4 is 18.2 Å². The zero-order valence-corrected chi connectivity index (χ0v) is 12.2. The fraction of sp³-hybridized carbons (Fsp3) is 0.818. The number of hydrogen-bond donors (Lipinski definition) is 1. The van der Waals surface area contributed by atoms with Gasteiger partial charge < -0.3 is 9.80 Å². The van der Waals surface area contributed by atoms with Crippen LogP contribution in [0.15, 0.2) is 0 Å². The summed E-state index contributed by atoms with van der Waals surface area (Å²) < 4.78 is 2.73. The van der Waals surface area contributed by atoms with Gasteiger partial charge in [0.2, 0.25) is 5.95 Å². The molecule has 98 valence electrons. The van der Waals surface area contributed by atoms with Gasteiger partial charge in [0.05, 0.1) is 0 Å². The maximum absolute atomic E-state index is 5.22. The van der Waals surface area contributed by atoms with Crippen LogP contribution in [0, 0.1) is 4.77 Å². The lowest BCUT2D eigenvalue weighted by Crippen LogP contribution is -2.41. The summed E-state index contributed by atoms with van der Waals surface area (Å²) in [5, 5.41) is 7.21. The SMILES string of the molecule is CCN(c1n[nH]c(=S)n1CC)C(C)CN(C)C. The summed E-state index contributed by atoms with van der Waals surface area (Å²) in [6, 6.07) is 0.408. The van der Waals surface area contributed by atoms with E-state index in [-0.39, 0.29) is 0 Å². The highest BCUT2D eigenvalue weighted by Gasteiger charge is 2.18. The molecule has 1 unspecified atom stereocenters. The molecule has 1 heterocycles. The van der Waals surface area contributed by atoms with E-state index in [0.717, 1.165) is 25.6 Å². The molecule has 0 saturated carbocycles. The molecule has 1 rings (SSSR count). The van der Waals surface area contributed by atoms with Crippen molar-refractivity contribution in [3.8, 4) is 0 Å². The van der Waals surface area contributed by atoms with E-state index in [1.54, 1.807) is 0 Å². The highest BCUT2D eigenvalue weighted by atomic mass is 32.1. The molecule has 1 aromatic rings. The predicted molar refractivity (Wildman–Crippen MR) is 74.1 cm³/mol. The van der Waals surface area contributed by atoms with Crippen LogP contribution in [0.2, 0.25) is 0 Å². The summed E-state index contributed by atoms with van der Waals surface area (Å²) in [5.41, 5.74) is 0. The Balaban J connectivity index is 2.96. The molecule has 1 aromatic heterocycles. The van der Waals surface area contributed by atoms with E-state index in [0.29, 0.717) is 10.8 Å². The molecule has 1 atom stereocenters. The lowest BCUT2D eigenvalue weighted by Gasteiger charge is -2.30. The first-order valence-electron chi connectivity index (χ1n) is 6.07. The zero-order valence-electron chi connectivity index (χ0n) is 11.4. The molecular formula is C11H23N5S. The van der Waals surface area contributed by atoms with Gasteiger partial charge in [-0.1, -0.05) is 0 Å². The van der Waals surface area contributed by atoms with Crippen LogP contribution in [-0.4, -0.2) is 52.9 Å². The first kappa shape index (κ1) is 14.2. The highest BCUT2D eigenvalue weighted by Crippen LogP contribution is 2.14. The second-order valence-corrected chi connectivity index (χ2v) is 4.86. The molecule has 0 amide bonds. The number of nitrogens with zero attached hydrogens (tertiary/aromatic N) is 4. The molecule has 0 fully saturated rings. The Morgan fingerprint density at radius 3 is 2.53 bits per heavy atom. The van der Waals surface area contributed by atoms with Crippen LogP contribution in [0.3, 0.4) is 0 Å². The third-order valence-corrected chi connectivity index (χ3v) is 3.13. The molecule has 0 bridgehead atoms. The summed E-state index contributed by atoms with van der Waals surface area (Å²) in [6.07, 6.45) is 0. The molecule has 6 heteroatoms. The van der Waals surface area contributed by atoms with Gasteiger partial charge in [-0.25, -0.2) is 5.10 Å². The maximum atomic E-state index is 5.22. The summed E-state index contributed by atoms with van der Waals surface area (Å²) in [4.78, 5) is 4.46. The predicted octanol–water partition coefficient (Wildman–Crippen LogP) is 1.74. The molecular weight excluding hydrogens is 234 g/mol. The average molecular weight is 257 g/mol. The van der Waals surface area contributed by atoms with Crippen LogP contribution in [0.25, 0.3) is 0 Å². The van der Waals surface area contributed by atoms with Gasteiger partial charge in [-0.2, -0.15) is 0 Å². The summed E-state index contributed by atoms with van der Waals surface area (Å²) >= 11 is 5.22. The maximum Gasteiger partial charge on any atom is 0.225 e. The third kappa shape index (κ3) is 3.29. The van der Waals surface area contributed by atoms with Crippen LogP contribution in [0.4, 0.5) is 5.95 Å². The van der Waals surface area contributed by atoms with Crippen molar-refractivity contribution in [2.45, 2.75) is 33.4 Å². The van der Waals surface area contributed by atoms with Crippen molar-refractivity contribution in [1.29, 1.82) is 0 Å². The van der Waals surface area contributed by atoms with E-state index in [1.165, 1.54) is 0 Å². The number of likely N-dealkylation sites (N-methyl/N-ethyl adjacent to an activating group) is 2. The van der Waals surface area contributed by atoms with Gasteiger partial charge in [-0.3, -0.25) is 4.57 Å². The number of rotatable bonds is 6. The molecule has 0 aliphatic heterocycles. The van der Waals surface area contributed by atoms with E-state index in [2.05, 4.69) is 54.9 Å². The molecule has 1 N–H and O–H groups in total. The van der Waals surface area contributed by atoms with Crippen LogP contribution in [0.5, 0.6) is 0 Å². The molecule has 0 spiro atoms. The largest absolute Gasteiger partial charge is 0.337 e. The van der Waals surface area contributed by atoms with E-state index in [1.807, 2.05) is 4.57 Å². The standard InChI is InChI=1S/C11H23N5S/c1-6-15(9(3)8-14(4)5)10-12-13-11(17)16(10)7-2/h9H,6-8H2,1-5H3,(H,13,17). The second kappa shape index (κ2) is 6.16. The number of H-pyrrole nitrogens is 1.